The fourth-order valence-corrected chi connectivity index (χ4v) is 4.41. The van der Waals surface area contributed by atoms with Crippen LogP contribution in [0.5, 0.6) is 5.88 Å². The first-order chi connectivity index (χ1) is 15.9. The van der Waals surface area contributed by atoms with Crippen molar-refractivity contribution in [2.24, 2.45) is 11.8 Å². The highest BCUT2D eigenvalue weighted by Crippen LogP contribution is 2.29. The molecule has 0 bridgehead atoms. The Kier molecular flexibility index (Phi) is 12.1. The number of hydrogen-bond donors (Lipinski definition) is 4. The van der Waals surface area contributed by atoms with E-state index in [0.29, 0.717) is 28.1 Å². The predicted molar refractivity (Wildman–Crippen MR) is 139 cm³/mol. The number of aromatic nitrogens is 2. The molecule has 0 saturated heterocycles. The lowest BCUT2D eigenvalue weighted by atomic mass is 9.99. The maximum atomic E-state index is 13.0. The average molecular weight is 479 g/mol. The molecule has 0 saturated carbocycles. The molecule has 0 amide bonds. The fraction of sp³-hybridized carbons (Fsp3) is 0.654. The lowest BCUT2D eigenvalue weighted by molar-refractivity contribution is 0.248. The zero-order valence-corrected chi connectivity index (χ0v) is 21.5. The maximum Gasteiger partial charge on any atom is 0.331 e. The number of H-pyrrole nitrogens is 1. The smallest absolute Gasteiger partial charge is 0.331 e. The van der Waals surface area contributed by atoms with Gasteiger partial charge in [-0.3, -0.25) is 10.6 Å². The SMILES string of the molecule is CCCCC(CC)CNC(NCC(CC)CCCC)n1c(O)c(-c2cccc(Cl)c2)[nH]c1=O. The molecular weight excluding hydrogens is 436 g/mol. The minimum absolute atomic E-state index is 0.0875. The van der Waals surface area contributed by atoms with Gasteiger partial charge in [-0.2, -0.15) is 0 Å². The molecule has 4 N–H and O–H groups in total. The summed E-state index contributed by atoms with van der Waals surface area (Å²) < 4.78 is 1.40. The van der Waals surface area contributed by atoms with Crippen LogP contribution in [0, 0.1) is 11.8 Å². The number of unbranched alkanes of at least 4 members (excludes halogenated alkanes) is 2. The molecule has 33 heavy (non-hydrogen) atoms. The van der Waals surface area contributed by atoms with Gasteiger partial charge in [0.2, 0.25) is 5.88 Å². The molecule has 0 aliphatic heterocycles. The summed E-state index contributed by atoms with van der Waals surface area (Å²) >= 11 is 6.14. The van der Waals surface area contributed by atoms with E-state index in [0.717, 1.165) is 38.8 Å². The lowest BCUT2D eigenvalue weighted by Gasteiger charge is -2.26. The van der Waals surface area contributed by atoms with Crippen LogP contribution in [0.15, 0.2) is 29.1 Å². The number of benzene rings is 1. The second-order valence-corrected chi connectivity index (χ2v) is 9.50. The Morgan fingerprint density at radius 3 is 2.06 bits per heavy atom. The van der Waals surface area contributed by atoms with Crippen molar-refractivity contribution in [2.45, 2.75) is 85.4 Å². The van der Waals surface area contributed by atoms with Gasteiger partial charge in [-0.15, -0.1) is 0 Å². The van der Waals surface area contributed by atoms with Crippen LogP contribution in [-0.4, -0.2) is 27.7 Å². The molecule has 0 fully saturated rings. The molecule has 2 unspecified atom stereocenters. The van der Waals surface area contributed by atoms with E-state index in [2.05, 4.69) is 43.3 Å². The van der Waals surface area contributed by atoms with E-state index in [-0.39, 0.29) is 11.6 Å². The summed E-state index contributed by atoms with van der Waals surface area (Å²) in [5, 5.41) is 18.7. The van der Waals surface area contributed by atoms with Gasteiger partial charge in [0, 0.05) is 23.7 Å². The summed E-state index contributed by atoms with van der Waals surface area (Å²) in [7, 11) is 0. The molecule has 1 aromatic carbocycles. The quantitative estimate of drug-likeness (QED) is 0.214. The number of rotatable bonds is 16. The molecule has 2 rings (SSSR count). The Hall–Kier alpha value is -1.76. The Balaban J connectivity index is 2.28. The number of halogens is 1. The van der Waals surface area contributed by atoms with Crippen molar-refractivity contribution in [3.63, 3.8) is 0 Å². The predicted octanol–water partition coefficient (Wildman–Crippen LogP) is 6.27. The number of nitrogens with one attached hydrogen (secondary N) is 3. The van der Waals surface area contributed by atoms with Gasteiger partial charge in [0.15, 0.2) is 0 Å². The molecular formula is C26H43ClN4O2. The molecule has 2 atom stereocenters. The first-order valence-corrected chi connectivity index (χ1v) is 13.1. The van der Waals surface area contributed by atoms with E-state index in [9.17, 15) is 9.90 Å². The summed E-state index contributed by atoms with van der Waals surface area (Å²) in [6.07, 6.45) is 8.72. The zero-order valence-electron chi connectivity index (χ0n) is 20.8. The molecule has 6 nitrogen and oxygen atoms in total. The van der Waals surface area contributed by atoms with Crippen LogP contribution >= 0.6 is 11.6 Å². The third-order valence-corrected chi connectivity index (χ3v) is 6.80. The van der Waals surface area contributed by atoms with Gasteiger partial charge in [0.05, 0.1) is 0 Å². The van der Waals surface area contributed by atoms with Crippen molar-refractivity contribution in [2.75, 3.05) is 13.1 Å². The number of nitrogens with zero attached hydrogens (tertiary/aromatic N) is 1. The summed E-state index contributed by atoms with van der Waals surface area (Å²) in [6, 6.07) is 7.14. The van der Waals surface area contributed by atoms with Gasteiger partial charge in [0.1, 0.15) is 12.0 Å². The van der Waals surface area contributed by atoms with E-state index in [1.165, 1.54) is 30.3 Å². The molecule has 7 heteroatoms. The van der Waals surface area contributed by atoms with Crippen LogP contribution in [0.25, 0.3) is 11.3 Å². The standard InChI is InChI=1S/C26H43ClN4O2/c1-5-9-12-19(7-3)17-28-25(29-18-20(8-4)13-10-6-2)31-24(32)23(30-26(31)33)21-14-11-15-22(27)16-21/h11,14-16,19-20,25,28-29,32H,5-10,12-13,17-18H2,1-4H3,(H,30,33). The fourth-order valence-electron chi connectivity index (χ4n) is 4.22. The van der Waals surface area contributed by atoms with Gasteiger partial charge in [-0.25, -0.2) is 9.36 Å². The highest BCUT2D eigenvalue weighted by Gasteiger charge is 2.23. The monoisotopic (exact) mass is 478 g/mol. The third kappa shape index (κ3) is 8.20. The Bertz CT molecular complexity index is 859. The van der Waals surface area contributed by atoms with Crippen molar-refractivity contribution < 1.29 is 5.11 Å². The summed E-state index contributed by atoms with van der Waals surface area (Å²) in [5.41, 5.74) is 0.709. The van der Waals surface area contributed by atoms with E-state index in [1.807, 2.05) is 6.07 Å². The van der Waals surface area contributed by atoms with Crippen molar-refractivity contribution in [3.8, 4) is 17.1 Å². The van der Waals surface area contributed by atoms with Crippen LogP contribution in [0.4, 0.5) is 0 Å². The van der Waals surface area contributed by atoms with Gasteiger partial charge >= 0.3 is 5.69 Å². The number of aromatic hydroxyl groups is 1. The third-order valence-electron chi connectivity index (χ3n) is 6.56. The summed E-state index contributed by atoms with van der Waals surface area (Å²) in [5.74, 6) is 0.969. The minimum Gasteiger partial charge on any atom is -0.493 e. The highest BCUT2D eigenvalue weighted by atomic mass is 35.5. The van der Waals surface area contributed by atoms with Crippen molar-refractivity contribution in [1.82, 2.24) is 20.2 Å². The minimum atomic E-state index is -0.493. The topological polar surface area (TPSA) is 82.1 Å². The summed E-state index contributed by atoms with van der Waals surface area (Å²) in [6.45, 7) is 10.4. The molecule has 186 valence electrons. The van der Waals surface area contributed by atoms with Gasteiger partial charge in [0.25, 0.3) is 0 Å². The van der Waals surface area contributed by atoms with Gasteiger partial charge < -0.3 is 10.1 Å². The maximum absolute atomic E-state index is 13.0. The number of imidazole rings is 1. The van der Waals surface area contributed by atoms with E-state index in [4.69, 9.17) is 11.6 Å². The Morgan fingerprint density at radius 1 is 1.00 bits per heavy atom. The first-order valence-electron chi connectivity index (χ1n) is 12.7. The molecule has 1 heterocycles. The lowest BCUT2D eigenvalue weighted by Crippen LogP contribution is -2.45. The molecule has 0 aliphatic carbocycles. The first kappa shape index (κ1) is 27.5. The van der Waals surface area contributed by atoms with E-state index < -0.39 is 6.29 Å². The zero-order chi connectivity index (χ0) is 24.2. The molecule has 1 aromatic heterocycles. The Morgan fingerprint density at radius 2 is 1.58 bits per heavy atom. The second kappa shape index (κ2) is 14.5. The van der Waals surface area contributed by atoms with Crippen LogP contribution < -0.4 is 16.3 Å². The van der Waals surface area contributed by atoms with Gasteiger partial charge in [-0.05, 0) is 36.8 Å². The second-order valence-electron chi connectivity index (χ2n) is 9.06. The molecule has 0 spiro atoms. The van der Waals surface area contributed by atoms with Crippen LogP contribution in [0.1, 0.15) is 85.4 Å². The van der Waals surface area contributed by atoms with Crippen LogP contribution in [-0.2, 0) is 0 Å². The van der Waals surface area contributed by atoms with Crippen LogP contribution in [0.3, 0.4) is 0 Å². The molecule has 2 aromatic rings. The normalized spacial score (nSPS) is 14.3. The Labute approximate surface area is 204 Å². The number of aromatic amines is 1. The summed E-state index contributed by atoms with van der Waals surface area (Å²) in [4.78, 5) is 15.8. The molecule has 0 radical (unpaired) electrons. The van der Waals surface area contributed by atoms with Crippen molar-refractivity contribution in [3.05, 3.63) is 39.8 Å². The molecule has 0 aliphatic rings. The van der Waals surface area contributed by atoms with E-state index >= 15 is 0 Å². The van der Waals surface area contributed by atoms with Crippen molar-refractivity contribution >= 4 is 11.6 Å². The largest absolute Gasteiger partial charge is 0.493 e. The average Bonchev–Trinajstić information content (AvgIpc) is 3.11. The highest BCUT2D eigenvalue weighted by molar-refractivity contribution is 6.30. The van der Waals surface area contributed by atoms with Crippen molar-refractivity contribution in [1.29, 1.82) is 0 Å². The van der Waals surface area contributed by atoms with E-state index in [1.54, 1.807) is 18.2 Å². The van der Waals surface area contributed by atoms with Gasteiger partial charge in [-0.1, -0.05) is 90.0 Å². The number of hydrogen-bond acceptors (Lipinski definition) is 4. The van der Waals surface area contributed by atoms with Crippen LogP contribution in [0.2, 0.25) is 5.02 Å².